The summed E-state index contributed by atoms with van der Waals surface area (Å²) in [5.41, 5.74) is 0. The van der Waals surface area contributed by atoms with Crippen LogP contribution in [0.2, 0.25) is 0 Å². The number of rotatable bonds is 4. The van der Waals surface area contributed by atoms with Gasteiger partial charge < -0.3 is 10.1 Å². The summed E-state index contributed by atoms with van der Waals surface area (Å²) in [4.78, 5) is 4.15. The van der Waals surface area contributed by atoms with E-state index in [4.69, 9.17) is 4.74 Å². The van der Waals surface area contributed by atoms with Gasteiger partial charge in [0.1, 0.15) is 0 Å². The molecule has 3 nitrogen and oxygen atoms in total. The second-order valence-electron chi connectivity index (χ2n) is 2.72. The molecule has 1 aromatic heterocycles. The Morgan fingerprint density at radius 3 is 3.08 bits per heavy atom. The Balaban J connectivity index is 2.80. The Labute approximate surface area is 78.4 Å². The fourth-order valence-corrected chi connectivity index (χ4v) is 0.938. The Morgan fingerprint density at radius 2 is 2.46 bits per heavy atom. The zero-order valence-electron chi connectivity index (χ0n) is 7.95. The molecule has 0 amide bonds. The van der Waals surface area contributed by atoms with Crippen LogP contribution in [0.1, 0.15) is 6.92 Å². The van der Waals surface area contributed by atoms with Crippen LogP contribution < -0.4 is 10.1 Å². The third-order valence-electron chi connectivity index (χ3n) is 1.71. The molecule has 3 heteroatoms. The van der Waals surface area contributed by atoms with Crippen molar-refractivity contribution in [2.24, 2.45) is 0 Å². The van der Waals surface area contributed by atoms with E-state index < -0.39 is 0 Å². The Morgan fingerprint density at radius 1 is 1.69 bits per heavy atom. The number of hydrogen-bond donors (Lipinski definition) is 1. The highest BCUT2D eigenvalue weighted by molar-refractivity contribution is 5.50. The number of pyridine rings is 1. The van der Waals surface area contributed by atoms with Crippen molar-refractivity contribution in [1.29, 1.82) is 0 Å². The van der Waals surface area contributed by atoms with E-state index in [1.54, 1.807) is 13.3 Å². The molecule has 1 N–H and O–H groups in total. The van der Waals surface area contributed by atoms with E-state index in [1.165, 1.54) is 0 Å². The van der Waals surface area contributed by atoms with Crippen LogP contribution in [0, 0.1) is 0 Å². The molecular weight excluding hydrogens is 164 g/mol. The zero-order chi connectivity index (χ0) is 9.68. The van der Waals surface area contributed by atoms with Gasteiger partial charge in [0.05, 0.1) is 7.11 Å². The van der Waals surface area contributed by atoms with Crippen LogP contribution in [0.5, 0.6) is 5.75 Å². The second-order valence-corrected chi connectivity index (χ2v) is 2.72. The molecule has 70 valence electrons. The van der Waals surface area contributed by atoms with Gasteiger partial charge in [-0.1, -0.05) is 6.08 Å². The molecule has 0 saturated carbocycles. The third kappa shape index (κ3) is 2.47. The molecule has 1 rings (SSSR count). The number of methoxy groups -OCH3 is 1. The number of hydrogen-bond acceptors (Lipinski definition) is 3. The minimum absolute atomic E-state index is 0.184. The van der Waals surface area contributed by atoms with Crippen molar-refractivity contribution in [3.8, 4) is 5.75 Å². The second kappa shape index (κ2) is 4.50. The van der Waals surface area contributed by atoms with Gasteiger partial charge in [0.25, 0.3) is 0 Å². The van der Waals surface area contributed by atoms with Crippen LogP contribution in [0.3, 0.4) is 0 Å². The van der Waals surface area contributed by atoms with Gasteiger partial charge in [0.2, 0.25) is 0 Å². The van der Waals surface area contributed by atoms with Crippen LogP contribution in [0.4, 0.5) is 5.82 Å². The van der Waals surface area contributed by atoms with Crippen LogP contribution in [0.15, 0.2) is 31.0 Å². The third-order valence-corrected chi connectivity index (χ3v) is 1.71. The summed E-state index contributed by atoms with van der Waals surface area (Å²) in [5.74, 6) is 1.49. The molecule has 0 aliphatic carbocycles. The van der Waals surface area contributed by atoms with Crippen molar-refractivity contribution in [2.45, 2.75) is 13.0 Å². The minimum atomic E-state index is 0.184. The van der Waals surface area contributed by atoms with Crippen molar-refractivity contribution >= 4 is 5.82 Å². The van der Waals surface area contributed by atoms with E-state index in [2.05, 4.69) is 16.9 Å². The first kappa shape index (κ1) is 9.58. The maximum Gasteiger partial charge on any atom is 0.169 e. The van der Waals surface area contributed by atoms with Crippen LogP contribution >= 0.6 is 0 Å². The lowest BCUT2D eigenvalue weighted by Gasteiger charge is -2.12. The number of aromatic nitrogens is 1. The normalized spacial score (nSPS) is 11.8. The monoisotopic (exact) mass is 178 g/mol. The molecule has 0 radical (unpaired) electrons. The van der Waals surface area contributed by atoms with Crippen LogP contribution in [-0.4, -0.2) is 18.1 Å². The van der Waals surface area contributed by atoms with E-state index in [1.807, 2.05) is 25.1 Å². The maximum atomic E-state index is 5.13. The van der Waals surface area contributed by atoms with Crippen molar-refractivity contribution in [3.63, 3.8) is 0 Å². The van der Waals surface area contributed by atoms with Crippen molar-refractivity contribution < 1.29 is 4.74 Å². The lowest BCUT2D eigenvalue weighted by Crippen LogP contribution is -2.13. The first-order valence-electron chi connectivity index (χ1n) is 4.16. The molecule has 0 spiro atoms. The average molecular weight is 178 g/mol. The Hall–Kier alpha value is -1.51. The van der Waals surface area contributed by atoms with E-state index in [0.717, 1.165) is 11.6 Å². The maximum absolute atomic E-state index is 5.13. The van der Waals surface area contributed by atoms with Gasteiger partial charge in [0, 0.05) is 12.2 Å². The number of anilines is 1. The average Bonchev–Trinajstić information content (AvgIpc) is 2.18. The van der Waals surface area contributed by atoms with Gasteiger partial charge in [-0.2, -0.15) is 0 Å². The quantitative estimate of drug-likeness (QED) is 0.717. The standard InChI is InChI=1S/C10H14N2O/c1-4-8(2)12-10-9(13-3)6-5-7-11-10/h4-8H,1H2,2-3H3,(H,11,12). The molecule has 0 saturated heterocycles. The predicted molar refractivity (Wildman–Crippen MR) is 54.1 cm³/mol. The van der Waals surface area contributed by atoms with E-state index in [0.29, 0.717) is 0 Å². The van der Waals surface area contributed by atoms with Gasteiger partial charge >= 0.3 is 0 Å². The Kier molecular flexibility index (Phi) is 3.31. The number of ether oxygens (including phenoxy) is 1. The lowest BCUT2D eigenvalue weighted by molar-refractivity contribution is 0.414. The first-order valence-corrected chi connectivity index (χ1v) is 4.16. The van der Waals surface area contributed by atoms with Gasteiger partial charge in [-0.3, -0.25) is 0 Å². The van der Waals surface area contributed by atoms with Crippen molar-refractivity contribution in [2.75, 3.05) is 12.4 Å². The summed E-state index contributed by atoms with van der Waals surface area (Å²) in [6, 6.07) is 3.89. The van der Waals surface area contributed by atoms with Gasteiger partial charge in [-0.15, -0.1) is 6.58 Å². The molecule has 1 atom stereocenters. The molecule has 0 fully saturated rings. The molecule has 1 unspecified atom stereocenters. The largest absolute Gasteiger partial charge is 0.493 e. The number of nitrogens with zero attached hydrogens (tertiary/aromatic N) is 1. The minimum Gasteiger partial charge on any atom is -0.493 e. The molecule has 0 bridgehead atoms. The summed E-state index contributed by atoms with van der Waals surface area (Å²) in [6.07, 6.45) is 3.54. The molecule has 13 heavy (non-hydrogen) atoms. The van der Waals surface area contributed by atoms with E-state index >= 15 is 0 Å². The summed E-state index contributed by atoms with van der Waals surface area (Å²) in [5, 5.41) is 3.16. The molecule has 0 aliphatic heterocycles. The smallest absolute Gasteiger partial charge is 0.169 e. The van der Waals surface area contributed by atoms with Gasteiger partial charge in [-0.25, -0.2) is 4.98 Å². The highest BCUT2D eigenvalue weighted by atomic mass is 16.5. The molecule has 0 aromatic carbocycles. The molecule has 0 aliphatic rings. The fraction of sp³-hybridized carbons (Fsp3) is 0.300. The van der Waals surface area contributed by atoms with Gasteiger partial charge in [-0.05, 0) is 19.1 Å². The topological polar surface area (TPSA) is 34.2 Å². The summed E-state index contributed by atoms with van der Waals surface area (Å²) < 4.78 is 5.13. The SMILES string of the molecule is C=CC(C)Nc1ncccc1OC. The molecule has 1 aromatic rings. The van der Waals surface area contributed by atoms with Gasteiger partial charge in [0.15, 0.2) is 11.6 Å². The van der Waals surface area contributed by atoms with E-state index in [9.17, 15) is 0 Å². The Bertz CT molecular complexity index is 286. The first-order chi connectivity index (χ1) is 6.27. The lowest BCUT2D eigenvalue weighted by atomic mass is 10.3. The molecule has 1 heterocycles. The highest BCUT2D eigenvalue weighted by Crippen LogP contribution is 2.20. The fourth-order valence-electron chi connectivity index (χ4n) is 0.938. The summed E-state index contributed by atoms with van der Waals surface area (Å²) in [7, 11) is 1.63. The highest BCUT2D eigenvalue weighted by Gasteiger charge is 2.03. The number of nitrogens with one attached hydrogen (secondary N) is 1. The summed E-state index contributed by atoms with van der Waals surface area (Å²) >= 11 is 0. The molecular formula is C10H14N2O. The predicted octanol–water partition coefficient (Wildman–Crippen LogP) is 2.08. The van der Waals surface area contributed by atoms with Crippen molar-refractivity contribution in [3.05, 3.63) is 31.0 Å². The van der Waals surface area contributed by atoms with E-state index in [-0.39, 0.29) is 6.04 Å². The summed E-state index contributed by atoms with van der Waals surface area (Å²) in [6.45, 7) is 5.68. The zero-order valence-corrected chi connectivity index (χ0v) is 7.95. The van der Waals surface area contributed by atoms with Crippen LogP contribution in [-0.2, 0) is 0 Å². The van der Waals surface area contributed by atoms with Crippen molar-refractivity contribution in [1.82, 2.24) is 4.98 Å². The van der Waals surface area contributed by atoms with Crippen LogP contribution in [0.25, 0.3) is 0 Å².